The van der Waals surface area contributed by atoms with Crippen molar-refractivity contribution in [3.8, 4) is 11.1 Å². The van der Waals surface area contributed by atoms with E-state index in [2.05, 4.69) is 0 Å². The van der Waals surface area contributed by atoms with Crippen LogP contribution in [0.25, 0.3) is 11.1 Å². The molecule has 1 aliphatic carbocycles. The molecule has 0 amide bonds. The number of esters is 1. The highest BCUT2D eigenvalue weighted by Crippen LogP contribution is 2.44. The molecule has 1 aliphatic rings. The number of rotatable bonds is 2. The molecule has 0 spiro atoms. The maximum Gasteiger partial charge on any atom is 0.303 e. The van der Waals surface area contributed by atoms with Gasteiger partial charge in [0.2, 0.25) is 5.78 Å². The van der Waals surface area contributed by atoms with Crippen molar-refractivity contribution in [3.63, 3.8) is 0 Å². The Kier molecular flexibility index (Phi) is 3.34. The second-order valence-electron chi connectivity index (χ2n) is 5.44. The number of benzene rings is 2. The van der Waals surface area contributed by atoms with Gasteiger partial charge in [0.1, 0.15) is 6.10 Å². The fourth-order valence-electron chi connectivity index (χ4n) is 3.03. The molecule has 4 nitrogen and oxygen atoms in total. The first-order chi connectivity index (χ1) is 10.5. The molecule has 0 heterocycles. The van der Waals surface area contributed by atoms with E-state index < -0.39 is 23.5 Å². The number of carbonyl (C=O) groups is 2. The Hall–Kier alpha value is -2.46. The van der Waals surface area contributed by atoms with Gasteiger partial charge in [0.05, 0.1) is 0 Å². The largest absolute Gasteiger partial charge is 0.459 e. The van der Waals surface area contributed by atoms with E-state index in [1.807, 2.05) is 24.3 Å². The number of ketones is 1. The molecule has 2 unspecified atom stereocenters. The minimum Gasteiger partial charge on any atom is -0.459 e. The first-order valence-corrected chi connectivity index (χ1v) is 7.09. The number of carbonyl (C=O) groups excluding carboxylic acids is 2. The highest BCUT2D eigenvalue weighted by molar-refractivity contribution is 6.12. The van der Waals surface area contributed by atoms with Crippen LogP contribution in [0.4, 0.5) is 0 Å². The molecule has 0 radical (unpaired) electrons. The van der Waals surface area contributed by atoms with Crippen molar-refractivity contribution in [1.29, 1.82) is 0 Å². The molecule has 0 saturated carbocycles. The van der Waals surface area contributed by atoms with E-state index in [4.69, 9.17) is 4.74 Å². The molecule has 22 heavy (non-hydrogen) atoms. The molecule has 112 valence electrons. The summed E-state index contributed by atoms with van der Waals surface area (Å²) in [6, 6.07) is 14.3. The van der Waals surface area contributed by atoms with Crippen LogP contribution in [-0.4, -0.2) is 23.0 Å². The summed E-state index contributed by atoms with van der Waals surface area (Å²) in [5.41, 5.74) is 0.577. The number of hydrogen-bond acceptors (Lipinski definition) is 4. The van der Waals surface area contributed by atoms with E-state index in [0.29, 0.717) is 11.1 Å². The van der Waals surface area contributed by atoms with Crippen LogP contribution in [0, 0.1) is 0 Å². The Morgan fingerprint density at radius 1 is 1.05 bits per heavy atom. The van der Waals surface area contributed by atoms with Crippen LogP contribution in [0.15, 0.2) is 48.5 Å². The molecule has 0 saturated heterocycles. The summed E-state index contributed by atoms with van der Waals surface area (Å²) in [6.07, 6.45) is -0.980. The lowest BCUT2D eigenvalue weighted by Crippen LogP contribution is -2.49. The van der Waals surface area contributed by atoms with E-state index in [1.54, 1.807) is 24.3 Å². The fraction of sp³-hybridized carbons (Fsp3) is 0.222. The van der Waals surface area contributed by atoms with E-state index in [1.165, 1.54) is 13.8 Å². The van der Waals surface area contributed by atoms with Gasteiger partial charge in [-0.2, -0.15) is 0 Å². The average molecular weight is 296 g/mol. The molecule has 2 atom stereocenters. The molecule has 4 heteroatoms. The van der Waals surface area contributed by atoms with Crippen LogP contribution in [0.3, 0.4) is 0 Å². The van der Waals surface area contributed by atoms with Crippen LogP contribution < -0.4 is 0 Å². The number of hydrogen-bond donors (Lipinski definition) is 1. The van der Waals surface area contributed by atoms with E-state index in [-0.39, 0.29) is 0 Å². The van der Waals surface area contributed by atoms with Gasteiger partial charge in [0.15, 0.2) is 5.60 Å². The molecule has 2 aromatic carbocycles. The van der Waals surface area contributed by atoms with Crippen molar-refractivity contribution < 1.29 is 19.4 Å². The summed E-state index contributed by atoms with van der Waals surface area (Å²) >= 11 is 0. The van der Waals surface area contributed by atoms with Crippen LogP contribution in [0.5, 0.6) is 0 Å². The Morgan fingerprint density at radius 3 is 2.23 bits per heavy atom. The third-order valence-electron chi connectivity index (χ3n) is 4.08. The number of fused-ring (bicyclic) bond motifs is 3. The minimum absolute atomic E-state index is 0.433. The lowest BCUT2D eigenvalue weighted by Gasteiger charge is -2.37. The maximum absolute atomic E-state index is 12.9. The first kappa shape index (κ1) is 14.5. The van der Waals surface area contributed by atoms with Crippen molar-refractivity contribution in [2.75, 3.05) is 0 Å². The lowest BCUT2D eigenvalue weighted by molar-refractivity contribution is -0.156. The van der Waals surface area contributed by atoms with Crippen molar-refractivity contribution in [2.45, 2.75) is 25.6 Å². The zero-order valence-electron chi connectivity index (χ0n) is 12.4. The standard InChI is InChI=1S/C18H16O4/c1-11(22-12(2)19)18(21)16-10-6-5-8-14(16)13-7-3-4-9-15(13)17(18)20/h3-11,21H,1-2H3. The van der Waals surface area contributed by atoms with Gasteiger partial charge in [-0.25, -0.2) is 0 Å². The van der Waals surface area contributed by atoms with E-state index >= 15 is 0 Å². The molecule has 0 aliphatic heterocycles. The number of aliphatic hydroxyl groups is 1. The summed E-state index contributed by atoms with van der Waals surface area (Å²) in [6.45, 7) is 2.79. The smallest absolute Gasteiger partial charge is 0.303 e. The zero-order valence-corrected chi connectivity index (χ0v) is 12.4. The van der Waals surface area contributed by atoms with E-state index in [9.17, 15) is 14.7 Å². The topological polar surface area (TPSA) is 63.6 Å². The minimum atomic E-state index is -1.88. The monoisotopic (exact) mass is 296 g/mol. The van der Waals surface area contributed by atoms with Crippen LogP contribution in [0.2, 0.25) is 0 Å². The van der Waals surface area contributed by atoms with Crippen molar-refractivity contribution >= 4 is 11.8 Å². The van der Waals surface area contributed by atoms with Gasteiger partial charge in [-0.3, -0.25) is 9.59 Å². The van der Waals surface area contributed by atoms with Crippen LogP contribution in [-0.2, 0) is 15.1 Å². The van der Waals surface area contributed by atoms with E-state index in [0.717, 1.165) is 11.1 Å². The van der Waals surface area contributed by atoms with Crippen LogP contribution in [0.1, 0.15) is 29.8 Å². The molecule has 0 bridgehead atoms. The Balaban J connectivity index is 2.25. The second-order valence-corrected chi connectivity index (χ2v) is 5.44. The van der Waals surface area contributed by atoms with Gasteiger partial charge in [0.25, 0.3) is 0 Å². The number of Topliss-reactive ketones (excluding diaryl/α,β-unsaturated/α-hetero) is 1. The molecule has 1 N–H and O–H groups in total. The highest BCUT2D eigenvalue weighted by atomic mass is 16.6. The summed E-state index contributed by atoms with van der Waals surface area (Å²) in [5.74, 6) is -0.986. The van der Waals surface area contributed by atoms with Crippen molar-refractivity contribution in [3.05, 3.63) is 59.7 Å². The van der Waals surface area contributed by atoms with Gasteiger partial charge < -0.3 is 9.84 Å². The van der Waals surface area contributed by atoms with Gasteiger partial charge in [-0.1, -0.05) is 48.5 Å². The molecular formula is C18H16O4. The van der Waals surface area contributed by atoms with Gasteiger partial charge in [-0.05, 0) is 18.1 Å². The predicted octanol–water partition coefficient (Wildman–Crippen LogP) is 2.69. The Morgan fingerprint density at radius 2 is 1.59 bits per heavy atom. The Bertz CT molecular complexity index is 765. The van der Waals surface area contributed by atoms with Crippen LogP contribution >= 0.6 is 0 Å². The SMILES string of the molecule is CC(=O)OC(C)C1(O)C(=O)c2ccccc2-c2ccccc21. The molecular weight excluding hydrogens is 280 g/mol. The summed E-state index contributed by atoms with van der Waals surface area (Å²) < 4.78 is 5.13. The maximum atomic E-state index is 12.9. The summed E-state index contributed by atoms with van der Waals surface area (Å²) in [4.78, 5) is 24.1. The van der Waals surface area contributed by atoms with Crippen molar-refractivity contribution in [1.82, 2.24) is 0 Å². The van der Waals surface area contributed by atoms with Gasteiger partial charge in [-0.15, -0.1) is 0 Å². The quantitative estimate of drug-likeness (QED) is 0.865. The predicted molar refractivity (Wildman–Crippen MR) is 81.3 cm³/mol. The third-order valence-corrected chi connectivity index (χ3v) is 4.08. The molecule has 2 aromatic rings. The first-order valence-electron chi connectivity index (χ1n) is 7.09. The highest BCUT2D eigenvalue weighted by Gasteiger charge is 2.50. The normalized spacial score (nSPS) is 20.8. The second kappa shape index (κ2) is 5.07. The molecule has 3 rings (SSSR count). The van der Waals surface area contributed by atoms with Gasteiger partial charge >= 0.3 is 5.97 Å². The summed E-state index contributed by atoms with van der Waals surface area (Å²) in [7, 11) is 0. The molecule has 0 aromatic heterocycles. The average Bonchev–Trinajstić information content (AvgIpc) is 2.52. The molecule has 0 fully saturated rings. The Labute approximate surface area is 128 Å². The summed E-state index contributed by atoms with van der Waals surface area (Å²) in [5, 5.41) is 11.1. The third kappa shape index (κ3) is 1.96. The van der Waals surface area contributed by atoms with Crippen molar-refractivity contribution in [2.24, 2.45) is 0 Å². The zero-order chi connectivity index (χ0) is 15.9. The lowest BCUT2D eigenvalue weighted by atomic mass is 9.72. The fourth-order valence-corrected chi connectivity index (χ4v) is 3.03. The van der Waals surface area contributed by atoms with Gasteiger partial charge in [0, 0.05) is 18.1 Å². The number of ether oxygens (including phenoxy) is 1.